The van der Waals surface area contributed by atoms with Gasteiger partial charge in [-0.05, 0) is 25.6 Å². The maximum absolute atomic E-state index is 10.2. The summed E-state index contributed by atoms with van der Waals surface area (Å²) < 4.78 is 5.60. The van der Waals surface area contributed by atoms with E-state index in [9.17, 15) is 5.11 Å². The molecular weight excluding hydrogens is 266 g/mol. The Morgan fingerprint density at radius 1 is 1.38 bits per heavy atom. The lowest BCUT2D eigenvalue weighted by Crippen LogP contribution is -2.53. The summed E-state index contributed by atoms with van der Waals surface area (Å²) in [4.78, 5) is 4.71. The van der Waals surface area contributed by atoms with E-state index in [0.29, 0.717) is 24.0 Å². The number of anilines is 1. The van der Waals surface area contributed by atoms with E-state index in [4.69, 9.17) is 10.5 Å². The van der Waals surface area contributed by atoms with Gasteiger partial charge in [0.25, 0.3) is 0 Å². The Morgan fingerprint density at radius 2 is 2.14 bits per heavy atom. The standard InChI is InChI=1S/C16H27N3O2/c1-3-13-10-19(9-8-18(13)2)11-14(20)12-21-16-7-5-4-6-15(16)17/h4-7,13-14,20H,3,8-12,17H2,1-2H3. The van der Waals surface area contributed by atoms with Crippen LogP contribution >= 0.6 is 0 Å². The molecule has 1 fully saturated rings. The van der Waals surface area contributed by atoms with Crippen LogP contribution in [0, 0.1) is 0 Å². The van der Waals surface area contributed by atoms with E-state index < -0.39 is 6.10 Å². The van der Waals surface area contributed by atoms with E-state index in [-0.39, 0.29) is 6.61 Å². The number of aliphatic hydroxyl groups is 1. The van der Waals surface area contributed by atoms with Gasteiger partial charge in [0.15, 0.2) is 0 Å². The van der Waals surface area contributed by atoms with E-state index in [1.807, 2.05) is 18.2 Å². The molecular formula is C16H27N3O2. The molecule has 21 heavy (non-hydrogen) atoms. The summed E-state index contributed by atoms with van der Waals surface area (Å²) in [5.74, 6) is 0.640. The second kappa shape index (κ2) is 7.64. The molecule has 1 saturated heterocycles. The minimum Gasteiger partial charge on any atom is -0.489 e. The quantitative estimate of drug-likeness (QED) is 0.767. The number of nitrogens with zero attached hydrogens (tertiary/aromatic N) is 2. The molecule has 3 N–H and O–H groups in total. The minimum atomic E-state index is -0.495. The number of rotatable bonds is 6. The number of nitrogen functional groups attached to an aromatic ring is 1. The smallest absolute Gasteiger partial charge is 0.142 e. The topological polar surface area (TPSA) is 62.0 Å². The van der Waals surface area contributed by atoms with Crippen LogP contribution in [0.2, 0.25) is 0 Å². The first kappa shape index (κ1) is 16.1. The molecule has 2 unspecified atom stereocenters. The van der Waals surface area contributed by atoms with Gasteiger partial charge in [0, 0.05) is 32.2 Å². The van der Waals surface area contributed by atoms with Gasteiger partial charge >= 0.3 is 0 Å². The lowest BCUT2D eigenvalue weighted by Gasteiger charge is -2.39. The average Bonchev–Trinajstić information content (AvgIpc) is 2.48. The van der Waals surface area contributed by atoms with Gasteiger partial charge < -0.3 is 20.5 Å². The van der Waals surface area contributed by atoms with Crippen LogP contribution in [0.3, 0.4) is 0 Å². The van der Waals surface area contributed by atoms with Crippen LogP contribution in [0.25, 0.3) is 0 Å². The lowest BCUT2D eigenvalue weighted by molar-refractivity contribution is 0.0314. The number of para-hydroxylation sites is 2. The zero-order chi connectivity index (χ0) is 15.2. The van der Waals surface area contributed by atoms with E-state index in [1.54, 1.807) is 6.07 Å². The van der Waals surface area contributed by atoms with E-state index in [0.717, 1.165) is 26.1 Å². The number of nitrogens with two attached hydrogens (primary N) is 1. The van der Waals surface area contributed by atoms with Crippen molar-refractivity contribution in [1.82, 2.24) is 9.80 Å². The first-order chi connectivity index (χ1) is 10.1. The highest BCUT2D eigenvalue weighted by atomic mass is 16.5. The summed E-state index contributed by atoms with van der Waals surface area (Å²) in [5, 5.41) is 10.2. The zero-order valence-electron chi connectivity index (χ0n) is 13.0. The van der Waals surface area contributed by atoms with Gasteiger partial charge in [-0.1, -0.05) is 19.1 Å². The molecule has 1 heterocycles. The SMILES string of the molecule is CCC1CN(CC(O)COc2ccccc2N)CCN1C. The predicted molar refractivity (Wildman–Crippen MR) is 85.5 cm³/mol. The minimum absolute atomic E-state index is 0.275. The fourth-order valence-electron chi connectivity index (χ4n) is 2.77. The van der Waals surface area contributed by atoms with Crippen molar-refractivity contribution in [1.29, 1.82) is 0 Å². The molecule has 1 aromatic rings. The highest BCUT2D eigenvalue weighted by molar-refractivity contribution is 5.51. The monoisotopic (exact) mass is 293 g/mol. The van der Waals surface area contributed by atoms with Gasteiger partial charge in [-0.15, -0.1) is 0 Å². The number of piperazine rings is 1. The summed E-state index contributed by atoms with van der Waals surface area (Å²) in [6.45, 7) is 6.20. The molecule has 5 heteroatoms. The number of hydrogen-bond acceptors (Lipinski definition) is 5. The number of ether oxygens (including phenoxy) is 1. The van der Waals surface area contributed by atoms with Gasteiger partial charge in [0.2, 0.25) is 0 Å². The normalized spacial score (nSPS) is 22.1. The third kappa shape index (κ3) is 4.59. The molecule has 1 aliphatic heterocycles. The second-order valence-corrected chi connectivity index (χ2v) is 5.80. The van der Waals surface area contributed by atoms with Crippen molar-refractivity contribution in [2.45, 2.75) is 25.5 Å². The molecule has 0 spiro atoms. The van der Waals surface area contributed by atoms with Crippen LogP contribution < -0.4 is 10.5 Å². The molecule has 1 aromatic carbocycles. The second-order valence-electron chi connectivity index (χ2n) is 5.80. The fourth-order valence-corrected chi connectivity index (χ4v) is 2.77. The van der Waals surface area contributed by atoms with Crippen LogP contribution in [-0.2, 0) is 0 Å². The summed E-state index contributed by atoms with van der Waals surface area (Å²) >= 11 is 0. The maximum atomic E-state index is 10.2. The van der Waals surface area contributed by atoms with Crippen LogP contribution in [0.1, 0.15) is 13.3 Å². The highest BCUT2D eigenvalue weighted by Crippen LogP contribution is 2.20. The number of hydrogen-bond donors (Lipinski definition) is 2. The highest BCUT2D eigenvalue weighted by Gasteiger charge is 2.24. The molecule has 0 saturated carbocycles. The van der Waals surface area contributed by atoms with Gasteiger partial charge in [-0.3, -0.25) is 4.90 Å². The van der Waals surface area contributed by atoms with Crippen molar-refractivity contribution >= 4 is 5.69 Å². The Hall–Kier alpha value is -1.30. The average molecular weight is 293 g/mol. The summed E-state index contributed by atoms with van der Waals surface area (Å²) in [5.41, 5.74) is 6.43. The molecule has 2 atom stereocenters. The number of aliphatic hydroxyl groups excluding tert-OH is 1. The van der Waals surface area contributed by atoms with E-state index in [1.165, 1.54) is 0 Å². The summed E-state index contributed by atoms with van der Waals surface area (Å²) in [6.07, 6.45) is 0.644. The van der Waals surface area contributed by atoms with Crippen molar-refractivity contribution in [2.75, 3.05) is 45.6 Å². The van der Waals surface area contributed by atoms with Crippen LogP contribution in [0.15, 0.2) is 24.3 Å². The van der Waals surface area contributed by atoms with Crippen LogP contribution in [0.5, 0.6) is 5.75 Å². The van der Waals surface area contributed by atoms with Crippen LogP contribution in [-0.4, -0.2) is 66.9 Å². The fraction of sp³-hybridized carbons (Fsp3) is 0.625. The number of β-amino-alcohol motifs (C(OH)–C–C–N with tert-alkyl or cyclic N) is 1. The Balaban J connectivity index is 1.77. The molecule has 0 amide bonds. The molecule has 0 aliphatic carbocycles. The number of likely N-dealkylation sites (N-methyl/N-ethyl adjacent to an activating group) is 1. The van der Waals surface area contributed by atoms with Crippen molar-refractivity contribution in [3.63, 3.8) is 0 Å². The van der Waals surface area contributed by atoms with Gasteiger partial charge in [0.1, 0.15) is 18.5 Å². The lowest BCUT2D eigenvalue weighted by atomic mass is 10.1. The number of benzene rings is 1. The van der Waals surface area contributed by atoms with Crippen molar-refractivity contribution in [3.8, 4) is 5.75 Å². The largest absolute Gasteiger partial charge is 0.489 e. The summed E-state index contributed by atoms with van der Waals surface area (Å²) in [6, 6.07) is 7.95. The zero-order valence-corrected chi connectivity index (χ0v) is 13.0. The predicted octanol–water partition coefficient (Wildman–Crippen LogP) is 1.03. The molecule has 0 bridgehead atoms. The van der Waals surface area contributed by atoms with Gasteiger partial charge in [-0.2, -0.15) is 0 Å². The third-order valence-electron chi connectivity index (χ3n) is 4.15. The molecule has 0 aromatic heterocycles. The Morgan fingerprint density at radius 3 is 2.86 bits per heavy atom. The molecule has 0 radical (unpaired) electrons. The van der Waals surface area contributed by atoms with Gasteiger partial charge in [0.05, 0.1) is 5.69 Å². The maximum Gasteiger partial charge on any atom is 0.142 e. The molecule has 118 valence electrons. The molecule has 5 nitrogen and oxygen atoms in total. The first-order valence-corrected chi connectivity index (χ1v) is 7.68. The van der Waals surface area contributed by atoms with E-state index in [2.05, 4.69) is 23.8 Å². The summed E-state index contributed by atoms with van der Waals surface area (Å²) in [7, 11) is 2.17. The molecule has 2 rings (SSSR count). The van der Waals surface area contributed by atoms with E-state index >= 15 is 0 Å². The Labute approximate surface area is 127 Å². The van der Waals surface area contributed by atoms with Crippen molar-refractivity contribution < 1.29 is 9.84 Å². The first-order valence-electron chi connectivity index (χ1n) is 7.68. The Kier molecular flexibility index (Phi) is 5.85. The third-order valence-corrected chi connectivity index (χ3v) is 4.15. The van der Waals surface area contributed by atoms with Crippen molar-refractivity contribution in [3.05, 3.63) is 24.3 Å². The molecule has 1 aliphatic rings. The van der Waals surface area contributed by atoms with Gasteiger partial charge in [-0.25, -0.2) is 0 Å². The van der Waals surface area contributed by atoms with Crippen molar-refractivity contribution in [2.24, 2.45) is 0 Å². The van der Waals surface area contributed by atoms with Crippen LogP contribution in [0.4, 0.5) is 5.69 Å². The Bertz CT molecular complexity index is 441.